The molecule has 2 heterocycles. The van der Waals surface area contributed by atoms with E-state index in [0.717, 1.165) is 5.70 Å². The number of carbonyl (C=O) groups excluding carboxylic acids is 1. The van der Waals surface area contributed by atoms with Crippen LogP contribution in [0.4, 0.5) is 5.69 Å². The van der Waals surface area contributed by atoms with Crippen molar-refractivity contribution in [2.75, 3.05) is 4.90 Å². The van der Waals surface area contributed by atoms with Crippen LogP contribution in [-0.2, 0) is 4.79 Å². The van der Waals surface area contributed by atoms with Gasteiger partial charge in [0.05, 0.1) is 6.04 Å². The lowest BCUT2D eigenvalue weighted by atomic mass is 9.95. The second-order valence-electron chi connectivity index (χ2n) is 4.31. The number of hydrogen-bond acceptors (Lipinski definition) is 2. The zero-order valence-corrected chi connectivity index (χ0v) is 9.18. The van der Waals surface area contributed by atoms with Crippen LogP contribution in [0.25, 0.3) is 6.08 Å². The average Bonchev–Trinajstić information content (AvgIpc) is 2.28. The van der Waals surface area contributed by atoms with Crippen molar-refractivity contribution in [3.05, 3.63) is 47.7 Å². The predicted octanol–water partition coefficient (Wildman–Crippen LogP) is 2.77. The fourth-order valence-corrected chi connectivity index (χ4v) is 2.51. The van der Waals surface area contributed by atoms with Gasteiger partial charge in [-0.15, -0.1) is 0 Å². The van der Waals surface area contributed by atoms with E-state index in [1.165, 1.54) is 11.3 Å². The molecule has 0 fully saturated rings. The summed E-state index contributed by atoms with van der Waals surface area (Å²) in [4.78, 5) is 13.8. The SMILES string of the molecule is CC1=CC(=O)CC2C=Cc3ccccc3N12. The Bertz CT molecular complexity index is 513. The Morgan fingerprint density at radius 2 is 2.12 bits per heavy atom. The number of para-hydroxylation sites is 1. The van der Waals surface area contributed by atoms with Gasteiger partial charge < -0.3 is 4.90 Å². The molecule has 2 nitrogen and oxygen atoms in total. The highest BCUT2D eigenvalue weighted by atomic mass is 16.1. The van der Waals surface area contributed by atoms with Gasteiger partial charge in [-0.05, 0) is 18.6 Å². The number of rotatable bonds is 0. The van der Waals surface area contributed by atoms with Crippen LogP contribution in [0.15, 0.2) is 42.1 Å². The van der Waals surface area contributed by atoms with Crippen molar-refractivity contribution in [2.24, 2.45) is 0 Å². The van der Waals surface area contributed by atoms with Gasteiger partial charge in [0.15, 0.2) is 5.78 Å². The Labute approximate surface area is 94.9 Å². The molecule has 3 rings (SSSR count). The van der Waals surface area contributed by atoms with E-state index in [1.807, 2.05) is 19.1 Å². The van der Waals surface area contributed by atoms with Gasteiger partial charge in [0.2, 0.25) is 0 Å². The maximum absolute atomic E-state index is 11.5. The third-order valence-corrected chi connectivity index (χ3v) is 3.19. The van der Waals surface area contributed by atoms with E-state index in [0.29, 0.717) is 6.42 Å². The molecule has 1 atom stereocenters. The molecule has 0 bridgehead atoms. The summed E-state index contributed by atoms with van der Waals surface area (Å²) in [5, 5.41) is 0. The zero-order valence-electron chi connectivity index (χ0n) is 9.18. The molecular formula is C14H13NO. The number of fused-ring (bicyclic) bond motifs is 3. The van der Waals surface area contributed by atoms with Crippen molar-refractivity contribution in [3.8, 4) is 0 Å². The molecule has 0 N–H and O–H groups in total. The van der Waals surface area contributed by atoms with Crippen LogP contribution in [0.2, 0.25) is 0 Å². The van der Waals surface area contributed by atoms with Crippen LogP contribution in [-0.4, -0.2) is 11.8 Å². The van der Waals surface area contributed by atoms with Crippen LogP contribution < -0.4 is 4.90 Å². The van der Waals surface area contributed by atoms with Gasteiger partial charge in [0.25, 0.3) is 0 Å². The highest BCUT2D eigenvalue weighted by Crippen LogP contribution is 2.34. The zero-order chi connectivity index (χ0) is 11.1. The Morgan fingerprint density at radius 1 is 1.31 bits per heavy atom. The first-order valence-corrected chi connectivity index (χ1v) is 5.53. The quantitative estimate of drug-likeness (QED) is 0.657. The highest BCUT2D eigenvalue weighted by molar-refractivity contribution is 5.95. The van der Waals surface area contributed by atoms with Crippen molar-refractivity contribution in [1.82, 2.24) is 0 Å². The van der Waals surface area contributed by atoms with Crippen molar-refractivity contribution in [2.45, 2.75) is 19.4 Å². The highest BCUT2D eigenvalue weighted by Gasteiger charge is 2.28. The molecule has 1 unspecified atom stereocenters. The first-order valence-electron chi connectivity index (χ1n) is 5.53. The van der Waals surface area contributed by atoms with E-state index in [4.69, 9.17) is 0 Å². The van der Waals surface area contributed by atoms with E-state index in [2.05, 4.69) is 29.2 Å². The molecule has 0 spiro atoms. The molecule has 16 heavy (non-hydrogen) atoms. The number of nitrogens with zero attached hydrogens (tertiary/aromatic N) is 1. The van der Waals surface area contributed by atoms with Crippen LogP contribution in [0.1, 0.15) is 18.9 Å². The maximum atomic E-state index is 11.5. The lowest BCUT2D eigenvalue weighted by Gasteiger charge is -2.38. The fraction of sp³-hybridized carbons (Fsp3) is 0.214. The number of anilines is 1. The largest absolute Gasteiger partial charge is 0.337 e. The summed E-state index contributed by atoms with van der Waals surface area (Å²) in [6.07, 6.45) is 6.56. The fourth-order valence-electron chi connectivity index (χ4n) is 2.51. The molecule has 2 heteroatoms. The third-order valence-electron chi connectivity index (χ3n) is 3.19. The van der Waals surface area contributed by atoms with Crippen molar-refractivity contribution < 1.29 is 4.79 Å². The summed E-state index contributed by atoms with van der Waals surface area (Å²) in [5.74, 6) is 0.225. The summed E-state index contributed by atoms with van der Waals surface area (Å²) in [6.45, 7) is 2.00. The standard InChI is InChI=1S/C14H13NO/c1-10-8-13(16)9-12-7-6-11-4-2-3-5-14(11)15(10)12/h2-8,12H,9H2,1H3. The lowest BCUT2D eigenvalue weighted by Crippen LogP contribution is -2.39. The minimum absolute atomic E-state index is 0.201. The lowest BCUT2D eigenvalue weighted by molar-refractivity contribution is -0.115. The van der Waals surface area contributed by atoms with Crippen molar-refractivity contribution >= 4 is 17.5 Å². The smallest absolute Gasteiger partial charge is 0.159 e. The molecule has 0 aromatic heterocycles. The Morgan fingerprint density at radius 3 is 3.00 bits per heavy atom. The Balaban J connectivity index is 2.16. The normalized spacial score (nSPS) is 22.6. The van der Waals surface area contributed by atoms with Gasteiger partial charge in [0, 0.05) is 23.9 Å². The molecule has 0 aliphatic carbocycles. The van der Waals surface area contributed by atoms with E-state index in [-0.39, 0.29) is 11.8 Å². The number of ketones is 1. The maximum Gasteiger partial charge on any atom is 0.159 e. The number of allylic oxidation sites excluding steroid dienone is 2. The van der Waals surface area contributed by atoms with Crippen LogP contribution in [0, 0.1) is 0 Å². The molecule has 2 aliphatic heterocycles. The summed E-state index contributed by atoms with van der Waals surface area (Å²) < 4.78 is 0. The monoisotopic (exact) mass is 211 g/mol. The van der Waals surface area contributed by atoms with Crippen molar-refractivity contribution in [1.29, 1.82) is 0 Å². The molecule has 0 amide bonds. The summed E-state index contributed by atoms with van der Waals surface area (Å²) >= 11 is 0. The summed E-state index contributed by atoms with van der Waals surface area (Å²) in [7, 11) is 0. The minimum atomic E-state index is 0.201. The van der Waals surface area contributed by atoms with Gasteiger partial charge in [-0.1, -0.05) is 30.4 Å². The molecule has 0 saturated carbocycles. The van der Waals surface area contributed by atoms with E-state index in [1.54, 1.807) is 6.08 Å². The topological polar surface area (TPSA) is 20.3 Å². The van der Waals surface area contributed by atoms with E-state index in [9.17, 15) is 4.79 Å². The second kappa shape index (κ2) is 3.34. The first-order chi connectivity index (χ1) is 7.75. The predicted molar refractivity (Wildman–Crippen MR) is 65.1 cm³/mol. The third kappa shape index (κ3) is 1.30. The number of benzene rings is 1. The van der Waals surface area contributed by atoms with Gasteiger partial charge in [-0.2, -0.15) is 0 Å². The Kier molecular flexibility index (Phi) is 1.96. The van der Waals surface area contributed by atoms with Crippen LogP contribution >= 0.6 is 0 Å². The Hall–Kier alpha value is -1.83. The molecule has 1 aromatic carbocycles. The van der Waals surface area contributed by atoms with Crippen LogP contribution in [0.5, 0.6) is 0 Å². The van der Waals surface area contributed by atoms with E-state index < -0.39 is 0 Å². The number of carbonyl (C=O) groups is 1. The second-order valence-corrected chi connectivity index (χ2v) is 4.31. The van der Waals surface area contributed by atoms with Gasteiger partial charge >= 0.3 is 0 Å². The molecule has 0 saturated heterocycles. The van der Waals surface area contributed by atoms with Gasteiger partial charge in [-0.3, -0.25) is 4.79 Å². The van der Waals surface area contributed by atoms with E-state index >= 15 is 0 Å². The summed E-state index contributed by atoms with van der Waals surface area (Å²) in [5.41, 5.74) is 3.47. The molecule has 1 aromatic rings. The average molecular weight is 211 g/mol. The van der Waals surface area contributed by atoms with Crippen molar-refractivity contribution in [3.63, 3.8) is 0 Å². The van der Waals surface area contributed by atoms with Gasteiger partial charge in [0.1, 0.15) is 0 Å². The number of hydrogen-bond donors (Lipinski definition) is 0. The molecular weight excluding hydrogens is 198 g/mol. The minimum Gasteiger partial charge on any atom is -0.337 e. The summed E-state index contributed by atoms with van der Waals surface area (Å²) in [6, 6.07) is 8.49. The molecule has 0 radical (unpaired) electrons. The molecule has 2 aliphatic rings. The molecule has 80 valence electrons. The first kappa shape index (κ1) is 9.40. The van der Waals surface area contributed by atoms with Gasteiger partial charge in [-0.25, -0.2) is 0 Å². The van der Waals surface area contributed by atoms with Crippen LogP contribution in [0.3, 0.4) is 0 Å².